The summed E-state index contributed by atoms with van der Waals surface area (Å²) >= 11 is 0. The molecular formula is C32H31N5O3. The van der Waals surface area contributed by atoms with Crippen molar-refractivity contribution in [3.05, 3.63) is 119 Å². The Morgan fingerprint density at radius 1 is 1.10 bits per heavy atom. The highest BCUT2D eigenvalue weighted by Crippen LogP contribution is 2.37. The first-order valence-corrected chi connectivity index (χ1v) is 13.2. The van der Waals surface area contributed by atoms with Gasteiger partial charge in [-0.3, -0.25) is 4.79 Å². The van der Waals surface area contributed by atoms with Crippen molar-refractivity contribution in [3.63, 3.8) is 0 Å². The molecular weight excluding hydrogens is 502 g/mol. The largest absolute Gasteiger partial charge is 0.508 e. The molecule has 0 aliphatic rings. The van der Waals surface area contributed by atoms with Crippen LogP contribution in [-0.2, 0) is 31.4 Å². The van der Waals surface area contributed by atoms with Gasteiger partial charge in [-0.15, -0.1) is 0 Å². The molecule has 8 nitrogen and oxygen atoms in total. The molecule has 3 aromatic carbocycles. The monoisotopic (exact) mass is 533 g/mol. The fourth-order valence-corrected chi connectivity index (χ4v) is 5.49. The molecule has 0 saturated carbocycles. The molecule has 3 heterocycles. The zero-order valence-corrected chi connectivity index (χ0v) is 22.5. The number of H-pyrrole nitrogens is 1. The molecule has 202 valence electrons. The minimum Gasteiger partial charge on any atom is -0.508 e. The quantitative estimate of drug-likeness (QED) is 0.204. The standard InChI is InChI=1S/C32H31N5O3/c1-36-17-24(34-20-36)18-37-12-11-22-8-7-21(13-30(22)37)15-33-16-29-31(26-5-3-4-6-28(26)35-29)32(40-2)27-14-25(39)10-9-23(27)19-38/h3-14,17,19-20,32-33,35,39H,15-16,18H2,1-2H3. The number of fused-ring (bicyclic) bond motifs is 2. The summed E-state index contributed by atoms with van der Waals surface area (Å²) in [5, 5.41) is 16.0. The van der Waals surface area contributed by atoms with Gasteiger partial charge in [0, 0.05) is 72.9 Å². The van der Waals surface area contributed by atoms with Gasteiger partial charge in [0.25, 0.3) is 0 Å². The molecule has 6 rings (SSSR count). The first-order valence-electron chi connectivity index (χ1n) is 13.2. The van der Waals surface area contributed by atoms with E-state index in [1.165, 1.54) is 22.5 Å². The summed E-state index contributed by atoms with van der Waals surface area (Å²) in [5.41, 5.74) is 7.36. The lowest BCUT2D eigenvalue weighted by atomic mass is 9.94. The number of phenols is 1. The van der Waals surface area contributed by atoms with Crippen LogP contribution in [0.3, 0.4) is 0 Å². The zero-order valence-electron chi connectivity index (χ0n) is 22.5. The molecule has 3 N–H and O–H groups in total. The lowest BCUT2D eigenvalue weighted by Crippen LogP contribution is -2.16. The summed E-state index contributed by atoms with van der Waals surface area (Å²) in [4.78, 5) is 19.9. The van der Waals surface area contributed by atoms with E-state index >= 15 is 0 Å². The van der Waals surface area contributed by atoms with Gasteiger partial charge in [0.15, 0.2) is 0 Å². The normalized spacial score (nSPS) is 12.3. The number of para-hydroxylation sites is 1. The number of benzene rings is 3. The molecule has 3 aromatic heterocycles. The maximum atomic E-state index is 11.8. The van der Waals surface area contributed by atoms with Crippen LogP contribution in [-0.4, -0.2) is 37.6 Å². The van der Waals surface area contributed by atoms with Crippen LogP contribution in [0, 0.1) is 0 Å². The van der Waals surface area contributed by atoms with Gasteiger partial charge in [-0.2, -0.15) is 0 Å². The van der Waals surface area contributed by atoms with E-state index in [1.54, 1.807) is 19.2 Å². The lowest BCUT2D eigenvalue weighted by molar-refractivity contribution is 0.110. The number of nitrogens with one attached hydrogen (secondary N) is 2. The van der Waals surface area contributed by atoms with Crippen LogP contribution in [0.1, 0.15) is 44.5 Å². The predicted molar refractivity (Wildman–Crippen MR) is 155 cm³/mol. The number of rotatable bonds is 10. The summed E-state index contributed by atoms with van der Waals surface area (Å²) in [7, 11) is 3.60. The topological polar surface area (TPSA) is 97.1 Å². The predicted octanol–water partition coefficient (Wildman–Crippen LogP) is 5.45. The molecule has 6 aromatic rings. The number of aryl methyl sites for hydroxylation is 1. The number of methoxy groups -OCH3 is 1. The minimum atomic E-state index is -0.536. The van der Waals surface area contributed by atoms with Crippen LogP contribution < -0.4 is 5.32 Å². The molecule has 0 bridgehead atoms. The molecule has 0 aliphatic carbocycles. The molecule has 0 radical (unpaired) electrons. The van der Waals surface area contributed by atoms with E-state index < -0.39 is 6.10 Å². The smallest absolute Gasteiger partial charge is 0.150 e. The SMILES string of the molecule is COC(c1cc(O)ccc1C=O)c1c(CNCc2ccc3ccn(Cc4cn(C)cn4)c3c2)[nH]c2ccccc12. The zero-order chi connectivity index (χ0) is 27.6. The number of aromatic amines is 1. The third-order valence-corrected chi connectivity index (χ3v) is 7.37. The van der Waals surface area contributed by atoms with Crippen LogP contribution in [0.5, 0.6) is 5.75 Å². The van der Waals surface area contributed by atoms with Crippen molar-refractivity contribution in [3.8, 4) is 5.75 Å². The Balaban J connectivity index is 1.27. The third kappa shape index (κ3) is 4.90. The number of aldehydes is 1. The molecule has 0 saturated heterocycles. The third-order valence-electron chi connectivity index (χ3n) is 7.37. The van der Waals surface area contributed by atoms with E-state index in [-0.39, 0.29) is 5.75 Å². The second-order valence-corrected chi connectivity index (χ2v) is 10.1. The van der Waals surface area contributed by atoms with Gasteiger partial charge in [0.1, 0.15) is 18.1 Å². The number of phenolic OH excluding ortho intramolecular Hbond substituents is 1. The molecule has 1 unspecified atom stereocenters. The van der Waals surface area contributed by atoms with Gasteiger partial charge < -0.3 is 29.3 Å². The first kappa shape index (κ1) is 25.6. The summed E-state index contributed by atoms with van der Waals surface area (Å²) < 4.78 is 10.2. The van der Waals surface area contributed by atoms with E-state index in [0.29, 0.717) is 24.2 Å². The van der Waals surface area contributed by atoms with Crippen LogP contribution in [0.15, 0.2) is 85.5 Å². The number of aromatic hydroxyl groups is 1. The summed E-state index contributed by atoms with van der Waals surface area (Å²) in [5.74, 6) is 0.0883. The van der Waals surface area contributed by atoms with E-state index in [1.807, 2.05) is 48.4 Å². The van der Waals surface area contributed by atoms with E-state index in [2.05, 4.69) is 50.3 Å². The van der Waals surface area contributed by atoms with E-state index in [4.69, 9.17) is 4.74 Å². The van der Waals surface area contributed by atoms with Crippen molar-refractivity contribution in [2.45, 2.75) is 25.7 Å². The van der Waals surface area contributed by atoms with Crippen molar-refractivity contribution in [1.29, 1.82) is 0 Å². The number of hydrogen-bond acceptors (Lipinski definition) is 5. The highest BCUT2D eigenvalue weighted by Gasteiger charge is 2.24. The Labute approximate surface area is 231 Å². The Morgan fingerprint density at radius 3 is 2.77 bits per heavy atom. The summed E-state index contributed by atoms with van der Waals surface area (Å²) in [6.07, 6.45) is 6.23. The van der Waals surface area contributed by atoms with Crippen molar-refractivity contribution in [2.24, 2.45) is 7.05 Å². The van der Waals surface area contributed by atoms with Crippen molar-refractivity contribution < 1.29 is 14.6 Å². The molecule has 0 aliphatic heterocycles. The lowest BCUT2D eigenvalue weighted by Gasteiger charge is -2.20. The van der Waals surface area contributed by atoms with Gasteiger partial charge in [0.2, 0.25) is 0 Å². The number of ether oxygens (including phenoxy) is 1. The number of nitrogens with zero attached hydrogens (tertiary/aromatic N) is 3. The number of aromatic nitrogens is 4. The second-order valence-electron chi connectivity index (χ2n) is 10.1. The molecule has 8 heteroatoms. The van der Waals surface area contributed by atoms with Crippen molar-refractivity contribution in [1.82, 2.24) is 24.4 Å². The molecule has 40 heavy (non-hydrogen) atoms. The Bertz CT molecular complexity index is 1810. The molecule has 0 fully saturated rings. The van der Waals surface area contributed by atoms with Gasteiger partial charge in [-0.25, -0.2) is 4.98 Å². The highest BCUT2D eigenvalue weighted by molar-refractivity contribution is 5.87. The number of hydrogen-bond donors (Lipinski definition) is 3. The van der Waals surface area contributed by atoms with E-state index in [0.717, 1.165) is 40.7 Å². The summed E-state index contributed by atoms with van der Waals surface area (Å²) in [6.45, 7) is 1.95. The van der Waals surface area contributed by atoms with Gasteiger partial charge >= 0.3 is 0 Å². The fraction of sp³-hybridized carbons (Fsp3) is 0.188. The van der Waals surface area contributed by atoms with Crippen LogP contribution >= 0.6 is 0 Å². The number of carbonyl (C=O) groups excluding carboxylic acids is 1. The second kappa shape index (κ2) is 10.8. The maximum Gasteiger partial charge on any atom is 0.150 e. The Kier molecular flexibility index (Phi) is 6.94. The minimum absolute atomic E-state index is 0.0883. The average molecular weight is 534 g/mol. The average Bonchev–Trinajstić information content (AvgIpc) is 3.67. The van der Waals surface area contributed by atoms with Crippen LogP contribution in [0.4, 0.5) is 0 Å². The number of imidazole rings is 1. The highest BCUT2D eigenvalue weighted by atomic mass is 16.5. The van der Waals surface area contributed by atoms with Gasteiger partial charge in [-0.05, 0) is 52.9 Å². The van der Waals surface area contributed by atoms with Crippen molar-refractivity contribution >= 4 is 28.1 Å². The Morgan fingerprint density at radius 2 is 1.98 bits per heavy atom. The van der Waals surface area contributed by atoms with Crippen LogP contribution in [0.25, 0.3) is 21.8 Å². The molecule has 1 atom stereocenters. The first-order chi connectivity index (χ1) is 19.5. The van der Waals surface area contributed by atoms with Gasteiger partial charge in [-0.1, -0.05) is 30.3 Å². The van der Waals surface area contributed by atoms with Crippen molar-refractivity contribution in [2.75, 3.05) is 7.11 Å². The Hall–Kier alpha value is -4.66. The maximum absolute atomic E-state index is 11.8. The fourth-order valence-electron chi connectivity index (χ4n) is 5.49. The molecule has 0 spiro atoms. The summed E-state index contributed by atoms with van der Waals surface area (Å²) in [6, 6.07) is 21.4. The van der Waals surface area contributed by atoms with E-state index in [9.17, 15) is 9.90 Å². The molecule has 0 amide bonds. The van der Waals surface area contributed by atoms with Gasteiger partial charge in [0.05, 0.1) is 18.6 Å². The van der Waals surface area contributed by atoms with Crippen LogP contribution in [0.2, 0.25) is 0 Å². The number of carbonyl (C=O) groups is 1.